The Labute approximate surface area is 157 Å². The van der Waals surface area contributed by atoms with Gasteiger partial charge in [-0.25, -0.2) is 4.79 Å². The van der Waals surface area contributed by atoms with Crippen LogP contribution in [0.2, 0.25) is 5.02 Å². The molecule has 117 valence electrons. The third kappa shape index (κ3) is 6.06. The van der Waals surface area contributed by atoms with E-state index in [1.165, 1.54) is 12.5 Å². The van der Waals surface area contributed by atoms with E-state index in [0.717, 1.165) is 37.8 Å². The van der Waals surface area contributed by atoms with Crippen molar-refractivity contribution in [3.8, 4) is 0 Å². The van der Waals surface area contributed by atoms with Gasteiger partial charge in [0, 0.05) is 46.3 Å². The third-order valence-electron chi connectivity index (χ3n) is 3.37. The molecule has 9 heteroatoms. The van der Waals surface area contributed by atoms with Gasteiger partial charge in [0.25, 0.3) is 10.1 Å². The predicted octanol–water partition coefficient (Wildman–Crippen LogP) is 2.66. The van der Waals surface area contributed by atoms with Gasteiger partial charge in [0.1, 0.15) is 0 Å². The van der Waals surface area contributed by atoms with E-state index in [9.17, 15) is 13.2 Å². The second-order valence-electron chi connectivity index (χ2n) is 5.08. The summed E-state index contributed by atoms with van der Waals surface area (Å²) in [5, 5.41) is 5.48. The molecule has 0 bridgehead atoms. The Hall–Kier alpha value is -0.310. The normalized spacial score (nSPS) is 15.7. The van der Waals surface area contributed by atoms with Gasteiger partial charge in [-0.3, -0.25) is 4.55 Å². The van der Waals surface area contributed by atoms with Gasteiger partial charge in [0.05, 0.1) is 4.90 Å². The zero-order valence-electron chi connectivity index (χ0n) is 12.3. The number of anilines is 1. The Kier molecular flexibility index (Phi) is 7.64. The minimum Gasteiger partial charge on any atom is -0.335 e. The number of nitrogens with one attached hydrogen (secondary N) is 2. The van der Waals surface area contributed by atoms with E-state index in [2.05, 4.69) is 10.6 Å². The van der Waals surface area contributed by atoms with E-state index < -0.39 is 16.1 Å². The maximum absolute atomic E-state index is 11.9. The summed E-state index contributed by atoms with van der Waals surface area (Å²) in [5.74, 6) is 0. The van der Waals surface area contributed by atoms with Crippen LogP contribution in [0.4, 0.5) is 10.5 Å². The summed E-state index contributed by atoms with van der Waals surface area (Å²) in [6.45, 7) is 0. The fraction of sp³-hybridized carbons (Fsp3) is 0.462. The van der Waals surface area contributed by atoms with E-state index in [0.29, 0.717) is 0 Å². The SMILES string of the molecule is O=C(Nc1cc(Cl)cc(S(=O)(=O)O)c1)NC1CCCCC1.[Na]. The first-order valence-corrected chi connectivity index (χ1v) is 8.52. The molecular weight excluding hydrogens is 339 g/mol. The number of hydrogen-bond acceptors (Lipinski definition) is 3. The summed E-state index contributed by atoms with van der Waals surface area (Å²) in [6, 6.07) is 3.41. The van der Waals surface area contributed by atoms with Crippen molar-refractivity contribution < 1.29 is 17.8 Å². The molecule has 22 heavy (non-hydrogen) atoms. The van der Waals surface area contributed by atoms with Gasteiger partial charge in [0.15, 0.2) is 0 Å². The molecule has 3 N–H and O–H groups in total. The van der Waals surface area contributed by atoms with Crippen LogP contribution in [0, 0.1) is 0 Å². The smallest absolute Gasteiger partial charge is 0.319 e. The van der Waals surface area contributed by atoms with Crippen molar-refractivity contribution in [3.63, 3.8) is 0 Å². The molecular formula is C13H17ClN2NaO4S. The molecule has 0 aromatic heterocycles. The van der Waals surface area contributed by atoms with Gasteiger partial charge in [-0.1, -0.05) is 30.9 Å². The number of carbonyl (C=O) groups is 1. The monoisotopic (exact) mass is 355 g/mol. The fourth-order valence-electron chi connectivity index (χ4n) is 2.38. The number of halogens is 1. The standard InChI is InChI=1S/C13H17ClN2O4S.Na/c14-9-6-11(8-12(7-9)21(18,19)20)16-13(17)15-10-4-2-1-3-5-10;/h6-8,10H,1-5H2,(H2,15,16,17)(H,18,19,20);. The summed E-state index contributed by atoms with van der Waals surface area (Å²) in [6.07, 6.45) is 5.26. The second kappa shape index (κ2) is 8.52. The Bertz CT molecular complexity index is 633. The molecule has 1 fully saturated rings. The van der Waals surface area contributed by atoms with Gasteiger partial charge in [-0.15, -0.1) is 0 Å². The van der Waals surface area contributed by atoms with Crippen molar-refractivity contribution in [3.05, 3.63) is 23.2 Å². The number of urea groups is 1. The molecule has 2 amide bonds. The number of carbonyl (C=O) groups excluding carboxylic acids is 1. The van der Waals surface area contributed by atoms with Crippen LogP contribution in [-0.4, -0.2) is 54.6 Å². The molecule has 2 rings (SSSR count). The summed E-state index contributed by atoms with van der Waals surface area (Å²) >= 11 is 5.78. The van der Waals surface area contributed by atoms with Crippen LogP contribution in [0.3, 0.4) is 0 Å². The van der Waals surface area contributed by atoms with Gasteiger partial charge >= 0.3 is 6.03 Å². The van der Waals surface area contributed by atoms with Crippen LogP contribution in [0.25, 0.3) is 0 Å². The van der Waals surface area contributed by atoms with E-state index in [1.807, 2.05) is 0 Å². The minimum absolute atomic E-state index is 0. The van der Waals surface area contributed by atoms with E-state index >= 15 is 0 Å². The average molecular weight is 356 g/mol. The van der Waals surface area contributed by atoms with Crippen molar-refractivity contribution in [1.82, 2.24) is 5.32 Å². The van der Waals surface area contributed by atoms with Crippen molar-refractivity contribution >= 4 is 63.0 Å². The third-order valence-corrected chi connectivity index (χ3v) is 4.42. The Morgan fingerprint density at radius 3 is 2.41 bits per heavy atom. The van der Waals surface area contributed by atoms with Gasteiger partial charge < -0.3 is 10.6 Å². The molecule has 1 aromatic carbocycles. The molecule has 1 aliphatic carbocycles. The van der Waals surface area contributed by atoms with E-state index in [-0.39, 0.29) is 51.2 Å². The van der Waals surface area contributed by atoms with Gasteiger partial charge in [-0.05, 0) is 31.0 Å². The molecule has 0 aliphatic heterocycles. The molecule has 0 saturated heterocycles. The molecule has 1 aliphatic rings. The predicted molar refractivity (Wildman–Crippen MR) is 86.0 cm³/mol. The number of rotatable bonds is 3. The first-order chi connectivity index (χ1) is 9.84. The first-order valence-electron chi connectivity index (χ1n) is 6.70. The largest absolute Gasteiger partial charge is 0.335 e. The summed E-state index contributed by atoms with van der Waals surface area (Å²) in [4.78, 5) is 11.5. The van der Waals surface area contributed by atoms with Crippen LogP contribution in [0.15, 0.2) is 23.1 Å². The van der Waals surface area contributed by atoms with Gasteiger partial charge in [0.2, 0.25) is 0 Å². The van der Waals surface area contributed by atoms with Crippen LogP contribution >= 0.6 is 11.6 Å². The summed E-state index contributed by atoms with van der Waals surface area (Å²) in [5.41, 5.74) is 0.212. The Morgan fingerprint density at radius 2 is 1.82 bits per heavy atom. The maximum Gasteiger partial charge on any atom is 0.319 e. The Morgan fingerprint density at radius 1 is 1.18 bits per heavy atom. The fourth-order valence-corrected chi connectivity index (χ4v) is 3.23. The molecule has 1 radical (unpaired) electrons. The zero-order valence-corrected chi connectivity index (χ0v) is 15.9. The average Bonchev–Trinajstić information content (AvgIpc) is 2.37. The first kappa shape index (κ1) is 19.7. The van der Waals surface area contributed by atoms with Gasteiger partial charge in [-0.2, -0.15) is 8.42 Å². The van der Waals surface area contributed by atoms with Crippen LogP contribution in [0.1, 0.15) is 32.1 Å². The van der Waals surface area contributed by atoms with Crippen molar-refractivity contribution in [2.24, 2.45) is 0 Å². The van der Waals surface area contributed by atoms with E-state index in [1.54, 1.807) is 0 Å². The van der Waals surface area contributed by atoms with Crippen molar-refractivity contribution in [2.45, 2.75) is 43.0 Å². The van der Waals surface area contributed by atoms with Crippen molar-refractivity contribution in [2.75, 3.05) is 5.32 Å². The number of benzene rings is 1. The minimum atomic E-state index is -4.37. The number of hydrogen-bond donors (Lipinski definition) is 3. The quantitative estimate of drug-likeness (QED) is 0.573. The van der Waals surface area contributed by atoms with Crippen LogP contribution in [0.5, 0.6) is 0 Å². The zero-order chi connectivity index (χ0) is 15.5. The molecule has 0 unspecified atom stereocenters. The molecule has 0 heterocycles. The topological polar surface area (TPSA) is 95.5 Å². The summed E-state index contributed by atoms with van der Waals surface area (Å²) < 4.78 is 31.2. The molecule has 1 saturated carbocycles. The van der Waals surface area contributed by atoms with Crippen molar-refractivity contribution in [1.29, 1.82) is 0 Å². The molecule has 0 atom stereocenters. The summed E-state index contributed by atoms with van der Waals surface area (Å²) in [7, 11) is -4.37. The van der Waals surface area contributed by atoms with E-state index in [4.69, 9.17) is 16.2 Å². The molecule has 0 spiro atoms. The molecule has 6 nitrogen and oxygen atoms in total. The molecule has 1 aromatic rings. The number of amides is 2. The van der Waals surface area contributed by atoms with Crippen LogP contribution in [-0.2, 0) is 10.1 Å². The van der Waals surface area contributed by atoms with Crippen LogP contribution < -0.4 is 10.6 Å². The second-order valence-corrected chi connectivity index (χ2v) is 6.94. The maximum atomic E-state index is 11.9. The Balaban J connectivity index is 0.00000242.